The van der Waals surface area contributed by atoms with Crippen molar-refractivity contribution in [2.24, 2.45) is 5.16 Å². The van der Waals surface area contributed by atoms with Gasteiger partial charge in [0, 0.05) is 21.8 Å². The first-order chi connectivity index (χ1) is 21.4. The standard InChI is InChI=1S/C24H21N7O9S5/c1-8-28-29-24(44-8)43-6-9-5-41-19-15(18(35)31(19)16(9)20(36)37)27-17(34)14(11-7-42-23(25)26-11)30-40-22(21(38)39)45-10-2-3-12(32)13(33)4-10/h2-4,7,15,19,22,32-33H,5-6H2,1H3,(H2,25,26)(H,27,34)(H,36,37)(H,38,39)/t15-,19+,22-/m1/s1. The second kappa shape index (κ2) is 13.5. The van der Waals surface area contributed by atoms with Crippen molar-refractivity contribution in [3.05, 3.63) is 45.6 Å². The minimum absolute atomic E-state index is 0.0521. The molecule has 16 nitrogen and oxygen atoms in total. The van der Waals surface area contributed by atoms with E-state index in [4.69, 9.17) is 10.6 Å². The summed E-state index contributed by atoms with van der Waals surface area (Å²) in [5, 5.41) is 54.6. The molecule has 0 saturated carbocycles. The SMILES string of the molecule is Cc1nnc(SCC2=C(C(=O)O)N3C(=O)[C@@H](NC(=O)C(=NO[C@H](Sc4ccc(O)c(O)c4)C(=O)O)c4csc(N)n4)[C@@H]3SC2)s1. The number of oxime groups is 1. The van der Waals surface area contributed by atoms with E-state index in [1.165, 1.54) is 46.3 Å². The van der Waals surface area contributed by atoms with Gasteiger partial charge in [-0.2, -0.15) is 0 Å². The number of nitrogens with one attached hydrogen (secondary N) is 1. The number of carboxylic acids is 2. The number of anilines is 1. The summed E-state index contributed by atoms with van der Waals surface area (Å²) in [6, 6.07) is 2.50. The average molecular weight is 712 g/mol. The van der Waals surface area contributed by atoms with Crippen molar-refractivity contribution >= 4 is 92.6 Å². The topological polar surface area (TPSA) is 251 Å². The molecule has 3 atom stereocenters. The fourth-order valence-corrected chi connectivity index (χ4v) is 8.62. The summed E-state index contributed by atoms with van der Waals surface area (Å²) in [6.07, 6.45) is 0. The van der Waals surface area contributed by atoms with Gasteiger partial charge >= 0.3 is 11.9 Å². The van der Waals surface area contributed by atoms with Crippen molar-refractivity contribution in [1.82, 2.24) is 25.4 Å². The largest absolute Gasteiger partial charge is 0.504 e. The van der Waals surface area contributed by atoms with Crippen LogP contribution in [0.2, 0.25) is 0 Å². The molecular formula is C24H21N7O9S5. The zero-order valence-electron chi connectivity index (χ0n) is 22.6. The van der Waals surface area contributed by atoms with Crippen molar-refractivity contribution in [2.75, 3.05) is 17.2 Å². The molecule has 2 aliphatic rings. The van der Waals surface area contributed by atoms with Crippen molar-refractivity contribution in [2.45, 2.75) is 33.0 Å². The number of phenols is 2. The van der Waals surface area contributed by atoms with Crippen LogP contribution in [0.4, 0.5) is 5.13 Å². The summed E-state index contributed by atoms with van der Waals surface area (Å²) in [5.41, 5.74) is 3.85. The second-order valence-corrected chi connectivity index (χ2v) is 14.6. The quantitative estimate of drug-likeness (QED) is 0.0391. The number of fused-ring (bicyclic) bond motifs is 1. The number of carboxylic acid groups (broad SMARTS) is 2. The number of amides is 2. The number of nitrogens with two attached hydrogens (primary N) is 1. The number of aryl methyl sites for hydroxylation is 1. The van der Waals surface area contributed by atoms with Crippen LogP contribution in [0, 0.1) is 6.92 Å². The first-order valence-electron chi connectivity index (χ1n) is 12.4. The minimum Gasteiger partial charge on any atom is -0.504 e. The number of nitrogen functional groups attached to an aromatic ring is 1. The Morgan fingerprint density at radius 2 is 2.02 bits per heavy atom. The van der Waals surface area contributed by atoms with Gasteiger partial charge < -0.3 is 36.3 Å². The number of aliphatic carboxylic acids is 2. The van der Waals surface area contributed by atoms with E-state index in [1.54, 1.807) is 6.92 Å². The number of benzene rings is 1. The molecule has 1 fully saturated rings. The summed E-state index contributed by atoms with van der Waals surface area (Å²) < 4.78 is 0.665. The molecule has 2 aromatic heterocycles. The van der Waals surface area contributed by atoms with E-state index in [9.17, 15) is 39.6 Å². The smallest absolute Gasteiger partial charge is 0.358 e. The van der Waals surface area contributed by atoms with Crippen molar-refractivity contribution in [3.63, 3.8) is 0 Å². The normalized spacial score (nSPS) is 18.6. The first kappa shape index (κ1) is 32.3. The van der Waals surface area contributed by atoms with E-state index >= 15 is 0 Å². The number of nitrogens with zero attached hydrogens (tertiary/aromatic N) is 5. The number of hydrogen-bond acceptors (Lipinski definition) is 17. The predicted molar refractivity (Wildman–Crippen MR) is 166 cm³/mol. The van der Waals surface area contributed by atoms with E-state index in [0.29, 0.717) is 21.7 Å². The highest BCUT2D eigenvalue weighted by Crippen LogP contribution is 2.42. The number of rotatable bonds is 12. The highest BCUT2D eigenvalue weighted by Gasteiger charge is 2.54. The maximum Gasteiger partial charge on any atom is 0.358 e. The fraction of sp³-hybridized carbons (Fsp3) is 0.250. The van der Waals surface area contributed by atoms with Crippen LogP contribution in [0.3, 0.4) is 0 Å². The van der Waals surface area contributed by atoms with Crippen molar-refractivity contribution in [3.8, 4) is 11.5 Å². The van der Waals surface area contributed by atoms with Crippen LogP contribution < -0.4 is 11.1 Å². The number of carbonyl (C=O) groups excluding carboxylic acids is 2. The molecule has 0 spiro atoms. The molecule has 2 amide bonds. The Kier molecular flexibility index (Phi) is 9.72. The number of aromatic nitrogens is 3. The molecule has 236 valence electrons. The molecule has 1 saturated heterocycles. The summed E-state index contributed by atoms with van der Waals surface area (Å²) >= 11 is 5.55. The summed E-state index contributed by atoms with van der Waals surface area (Å²) in [6.45, 7) is 1.80. The van der Waals surface area contributed by atoms with Gasteiger partial charge in [-0.1, -0.05) is 40.0 Å². The lowest BCUT2D eigenvalue weighted by atomic mass is 10.0. The van der Waals surface area contributed by atoms with Crippen LogP contribution in [-0.2, 0) is 24.0 Å². The molecule has 7 N–H and O–H groups in total. The molecule has 5 rings (SSSR count). The van der Waals surface area contributed by atoms with Gasteiger partial charge in [-0.3, -0.25) is 14.5 Å². The minimum atomic E-state index is -1.70. The average Bonchev–Trinajstić information content (AvgIpc) is 3.62. The Bertz CT molecular complexity index is 1740. The fourth-order valence-electron chi connectivity index (χ4n) is 4.01. The van der Waals surface area contributed by atoms with Gasteiger partial charge in [0.05, 0.1) is 0 Å². The van der Waals surface area contributed by atoms with E-state index < -0.39 is 57.8 Å². The Balaban J connectivity index is 1.32. The summed E-state index contributed by atoms with van der Waals surface area (Å²) in [7, 11) is 0. The van der Waals surface area contributed by atoms with Crippen molar-refractivity contribution in [1.29, 1.82) is 0 Å². The highest BCUT2D eigenvalue weighted by molar-refractivity contribution is 8.02. The number of thioether (sulfide) groups is 3. The van der Waals surface area contributed by atoms with E-state index in [0.717, 1.165) is 33.4 Å². The van der Waals surface area contributed by atoms with Crippen LogP contribution in [0.25, 0.3) is 0 Å². The zero-order valence-corrected chi connectivity index (χ0v) is 26.7. The van der Waals surface area contributed by atoms with Gasteiger partial charge in [0.2, 0.25) is 0 Å². The van der Waals surface area contributed by atoms with Crippen LogP contribution in [0.5, 0.6) is 11.5 Å². The molecule has 0 radical (unpaired) electrons. The van der Waals surface area contributed by atoms with Crippen LogP contribution in [-0.4, -0.2) is 98.3 Å². The molecule has 45 heavy (non-hydrogen) atoms. The Labute approximate surface area is 273 Å². The molecule has 4 heterocycles. The Morgan fingerprint density at radius 1 is 1.24 bits per heavy atom. The third kappa shape index (κ3) is 7.11. The lowest BCUT2D eigenvalue weighted by Gasteiger charge is -2.49. The van der Waals surface area contributed by atoms with E-state index in [1.807, 2.05) is 0 Å². The number of β-lactam (4-membered cyclic amide) rings is 1. The van der Waals surface area contributed by atoms with Gasteiger partial charge in [0.25, 0.3) is 17.3 Å². The maximum atomic E-state index is 13.4. The van der Waals surface area contributed by atoms with Gasteiger partial charge in [-0.25, -0.2) is 14.6 Å². The monoisotopic (exact) mass is 711 g/mol. The van der Waals surface area contributed by atoms with Gasteiger partial charge in [-0.15, -0.1) is 33.3 Å². The van der Waals surface area contributed by atoms with Crippen molar-refractivity contribution < 1.29 is 44.4 Å². The molecule has 0 unspecified atom stereocenters. The number of thiazole rings is 1. The highest BCUT2D eigenvalue weighted by atomic mass is 32.2. The van der Waals surface area contributed by atoms with Crippen LogP contribution in [0.15, 0.2) is 49.2 Å². The summed E-state index contributed by atoms with van der Waals surface area (Å²) in [4.78, 5) is 61.2. The second-order valence-electron chi connectivity index (χ2n) is 9.05. The Morgan fingerprint density at radius 3 is 2.64 bits per heavy atom. The molecular weight excluding hydrogens is 691 g/mol. The zero-order chi connectivity index (χ0) is 32.4. The predicted octanol–water partition coefficient (Wildman–Crippen LogP) is 1.75. The lowest BCUT2D eigenvalue weighted by molar-refractivity contribution is -0.150. The lowest BCUT2D eigenvalue weighted by Crippen LogP contribution is -2.71. The Hall–Kier alpha value is -4.05. The third-order valence-electron chi connectivity index (χ3n) is 6.02. The first-order valence-corrected chi connectivity index (χ1v) is 17.0. The number of carbonyl (C=O) groups is 4. The molecule has 2 aliphatic heterocycles. The number of hydrogen-bond donors (Lipinski definition) is 6. The third-order valence-corrected chi connectivity index (χ3v) is 11.1. The van der Waals surface area contributed by atoms with E-state index in [-0.39, 0.29) is 32.9 Å². The van der Waals surface area contributed by atoms with Gasteiger partial charge in [0.15, 0.2) is 26.7 Å². The summed E-state index contributed by atoms with van der Waals surface area (Å²) in [5.74, 6) is -4.68. The molecule has 0 aliphatic carbocycles. The molecule has 0 bridgehead atoms. The van der Waals surface area contributed by atoms with Crippen LogP contribution in [0.1, 0.15) is 10.7 Å². The number of aromatic hydroxyl groups is 2. The van der Waals surface area contributed by atoms with Gasteiger partial charge in [-0.05, 0) is 30.7 Å². The van der Waals surface area contributed by atoms with Gasteiger partial charge in [0.1, 0.15) is 27.8 Å². The number of phenolic OH excluding ortho intramolecular Hbond substituents is 2. The molecule has 1 aromatic carbocycles. The maximum absolute atomic E-state index is 13.4. The van der Waals surface area contributed by atoms with Crippen LogP contribution >= 0.6 is 58.0 Å². The molecule has 3 aromatic rings. The van der Waals surface area contributed by atoms with E-state index in [2.05, 4.69) is 25.7 Å². The molecule has 21 heteroatoms.